The van der Waals surface area contributed by atoms with Gasteiger partial charge in [0.1, 0.15) is 17.2 Å². The maximum absolute atomic E-state index is 15.4. The minimum Gasteiger partial charge on any atom is -0.405 e. The summed E-state index contributed by atoms with van der Waals surface area (Å²) < 4.78 is 108. The average Bonchev–Trinajstić information content (AvgIpc) is 3.45. The van der Waals surface area contributed by atoms with Gasteiger partial charge in [-0.25, -0.2) is 9.18 Å². The van der Waals surface area contributed by atoms with E-state index in [0.717, 1.165) is 16.7 Å². The summed E-state index contributed by atoms with van der Waals surface area (Å²) in [4.78, 5) is 24.0. The van der Waals surface area contributed by atoms with E-state index in [0.29, 0.717) is 51.0 Å². The molecule has 4 rings (SSSR count). The molecule has 17 heteroatoms. The van der Waals surface area contributed by atoms with Crippen LogP contribution in [0, 0.1) is 5.82 Å². The molecule has 2 unspecified atom stereocenters. The van der Waals surface area contributed by atoms with Crippen molar-refractivity contribution in [3.63, 3.8) is 0 Å². The smallest absolute Gasteiger partial charge is 0.405 e. The van der Waals surface area contributed by atoms with E-state index >= 15 is 4.39 Å². The van der Waals surface area contributed by atoms with Gasteiger partial charge in [0.05, 0.1) is 29.4 Å². The first kappa shape index (κ1) is 40.3. The van der Waals surface area contributed by atoms with Crippen molar-refractivity contribution in [1.29, 1.82) is 0 Å². The summed E-state index contributed by atoms with van der Waals surface area (Å²) in [6.07, 6.45) is -6.06. The normalized spacial score (nSPS) is 13.9. The second-order valence-corrected chi connectivity index (χ2v) is 12.4. The molecule has 2 atom stereocenters. The fourth-order valence-electron chi connectivity index (χ4n) is 5.86. The second-order valence-electron chi connectivity index (χ2n) is 12.4. The highest BCUT2D eigenvalue weighted by atomic mass is 19.4. The number of halogens is 7. The van der Waals surface area contributed by atoms with Crippen LogP contribution < -0.4 is 27.2 Å². The Kier molecular flexibility index (Phi) is 13.5. The molecule has 0 radical (unpaired) electrons. The van der Waals surface area contributed by atoms with Gasteiger partial charge in [0, 0.05) is 54.5 Å². The van der Waals surface area contributed by atoms with Crippen molar-refractivity contribution in [3.8, 4) is 22.7 Å². The lowest BCUT2D eigenvalue weighted by Crippen LogP contribution is -2.26. The van der Waals surface area contributed by atoms with Gasteiger partial charge >= 0.3 is 18.2 Å². The fraction of sp³-hybridized carbons (Fsp3) is 0.457. The summed E-state index contributed by atoms with van der Waals surface area (Å²) in [5, 5.41) is 3.42. The van der Waals surface area contributed by atoms with E-state index in [1.807, 2.05) is 6.92 Å². The van der Waals surface area contributed by atoms with Crippen molar-refractivity contribution in [2.75, 3.05) is 26.8 Å². The summed E-state index contributed by atoms with van der Waals surface area (Å²) in [5.74, 6) is -1.63. The SMILES string of the molecule is CCCC(NCCCN=C(C)N)c1ccc(-n2cc3cc(-c4cc(CCCC(N)COC)cc(C(F)(F)F)c4F)[nH]c3nc2=O)cc1OC(F)(F)F. The third kappa shape index (κ3) is 10.8. The summed E-state index contributed by atoms with van der Waals surface area (Å²) in [7, 11) is 1.48. The van der Waals surface area contributed by atoms with E-state index in [9.17, 15) is 31.1 Å². The zero-order valence-electron chi connectivity index (χ0n) is 28.9. The molecule has 284 valence electrons. The Morgan fingerprint density at radius 1 is 1.10 bits per heavy atom. The number of aryl methyl sites for hydroxylation is 1. The Bertz CT molecular complexity index is 1900. The van der Waals surface area contributed by atoms with Crippen LogP contribution in [0.25, 0.3) is 28.0 Å². The number of nitrogens with two attached hydrogens (primary N) is 2. The van der Waals surface area contributed by atoms with Crippen LogP contribution in [0.1, 0.15) is 68.7 Å². The molecule has 0 aliphatic rings. The summed E-state index contributed by atoms with van der Waals surface area (Å²) in [5.41, 5.74) is 8.98. The van der Waals surface area contributed by atoms with Crippen LogP contribution in [0.2, 0.25) is 0 Å². The molecule has 10 nitrogen and oxygen atoms in total. The molecule has 0 aliphatic carbocycles. The van der Waals surface area contributed by atoms with Gasteiger partial charge in [-0.3, -0.25) is 9.56 Å². The van der Waals surface area contributed by atoms with Gasteiger partial charge in [0.25, 0.3) is 0 Å². The molecule has 2 heterocycles. The van der Waals surface area contributed by atoms with E-state index in [1.165, 1.54) is 37.6 Å². The molecule has 0 bridgehead atoms. The number of aromatic nitrogens is 3. The van der Waals surface area contributed by atoms with Gasteiger partial charge in [0.2, 0.25) is 0 Å². The lowest BCUT2D eigenvalue weighted by atomic mass is 9.98. The number of hydrogen-bond donors (Lipinski definition) is 4. The molecule has 0 saturated carbocycles. The van der Waals surface area contributed by atoms with Crippen LogP contribution in [0.3, 0.4) is 0 Å². The molecule has 6 N–H and O–H groups in total. The summed E-state index contributed by atoms with van der Waals surface area (Å²) >= 11 is 0. The molecule has 2 aromatic carbocycles. The Labute approximate surface area is 295 Å². The topological polar surface area (TPSA) is 146 Å². The van der Waals surface area contributed by atoms with Gasteiger partial charge in [-0.2, -0.15) is 18.2 Å². The van der Waals surface area contributed by atoms with Gasteiger partial charge < -0.3 is 31.2 Å². The summed E-state index contributed by atoms with van der Waals surface area (Å²) in [6.45, 7) is 4.67. The van der Waals surface area contributed by atoms with Crippen molar-refractivity contribution < 1.29 is 40.2 Å². The zero-order valence-corrected chi connectivity index (χ0v) is 28.9. The maximum Gasteiger partial charge on any atom is 0.573 e. The number of ether oxygens (including phenoxy) is 2. The van der Waals surface area contributed by atoms with Gasteiger partial charge in [-0.05, 0) is 75.4 Å². The fourth-order valence-corrected chi connectivity index (χ4v) is 5.86. The van der Waals surface area contributed by atoms with E-state index < -0.39 is 47.0 Å². The number of benzene rings is 2. The van der Waals surface area contributed by atoms with E-state index in [2.05, 4.69) is 25.0 Å². The van der Waals surface area contributed by atoms with E-state index in [1.54, 1.807) is 6.92 Å². The first-order chi connectivity index (χ1) is 24.5. The number of alkyl halides is 6. The molecule has 0 saturated heterocycles. The molecular weight excluding hydrogens is 699 g/mol. The number of rotatable bonds is 17. The predicted molar refractivity (Wildman–Crippen MR) is 184 cm³/mol. The third-order valence-corrected chi connectivity index (χ3v) is 8.20. The number of fused-ring (bicyclic) bond motifs is 1. The van der Waals surface area contributed by atoms with Crippen molar-refractivity contribution >= 4 is 16.9 Å². The average molecular weight is 742 g/mol. The molecule has 0 spiro atoms. The number of aromatic amines is 1. The third-order valence-electron chi connectivity index (χ3n) is 8.20. The van der Waals surface area contributed by atoms with Gasteiger partial charge in [0.15, 0.2) is 0 Å². The largest absolute Gasteiger partial charge is 0.573 e. The molecular formula is C35H42F7N7O3. The highest BCUT2D eigenvalue weighted by Crippen LogP contribution is 2.38. The lowest BCUT2D eigenvalue weighted by Gasteiger charge is -2.23. The molecule has 0 aliphatic heterocycles. The first-order valence-electron chi connectivity index (χ1n) is 16.7. The Morgan fingerprint density at radius 2 is 1.85 bits per heavy atom. The van der Waals surface area contributed by atoms with Gasteiger partial charge in [-0.15, -0.1) is 13.2 Å². The number of hydrogen-bond acceptors (Lipinski definition) is 7. The van der Waals surface area contributed by atoms with Gasteiger partial charge in [-0.1, -0.05) is 19.4 Å². The molecule has 0 amide bonds. The van der Waals surface area contributed by atoms with Crippen molar-refractivity contribution in [3.05, 3.63) is 75.6 Å². The number of nitrogens with one attached hydrogen (secondary N) is 2. The van der Waals surface area contributed by atoms with Crippen molar-refractivity contribution in [1.82, 2.24) is 19.9 Å². The highest BCUT2D eigenvalue weighted by molar-refractivity contribution is 5.83. The maximum atomic E-state index is 15.4. The van der Waals surface area contributed by atoms with E-state index in [-0.39, 0.29) is 52.6 Å². The Morgan fingerprint density at radius 3 is 2.50 bits per heavy atom. The van der Waals surface area contributed by atoms with Crippen molar-refractivity contribution in [2.45, 2.75) is 77.0 Å². The van der Waals surface area contributed by atoms with E-state index in [4.69, 9.17) is 16.2 Å². The quantitative estimate of drug-likeness (QED) is 0.0398. The number of H-pyrrole nitrogens is 1. The van der Waals surface area contributed by atoms with Crippen LogP contribution in [-0.2, 0) is 17.3 Å². The van der Waals surface area contributed by atoms with Crippen LogP contribution in [0.5, 0.6) is 5.75 Å². The zero-order chi connectivity index (χ0) is 38.2. The predicted octanol–water partition coefficient (Wildman–Crippen LogP) is 6.93. The minimum absolute atomic E-state index is 0.0210. The molecule has 0 fully saturated rings. The number of nitrogens with zero attached hydrogens (tertiary/aromatic N) is 3. The standard InChI is InChI=1S/C35H42F7N7O3/c1-4-7-28(46-13-6-12-45-20(2)43)25-11-10-24(17-30(25)52-35(40,41)42)49-18-22-16-29(47-32(22)48-33(49)50)26-14-21(8-5-9-23(44)19-51-3)15-27(31(26)36)34(37,38)39/h10-11,14-18,23,28,46H,4-9,12-13,19,44H2,1-3H3,(H2,43,45)(H,47,48,50). The van der Waals surface area contributed by atoms with Crippen LogP contribution >= 0.6 is 0 Å². The van der Waals surface area contributed by atoms with Crippen LogP contribution in [-0.4, -0.2) is 59.6 Å². The summed E-state index contributed by atoms with van der Waals surface area (Å²) in [6, 6.07) is 6.43. The van der Waals surface area contributed by atoms with Crippen molar-refractivity contribution in [2.24, 2.45) is 16.5 Å². The molecule has 4 aromatic rings. The van der Waals surface area contributed by atoms with Crippen LogP contribution in [0.4, 0.5) is 30.7 Å². The van der Waals surface area contributed by atoms with Crippen LogP contribution in [0.15, 0.2) is 52.4 Å². The molecule has 52 heavy (non-hydrogen) atoms. The highest BCUT2D eigenvalue weighted by Gasteiger charge is 2.36. The number of aliphatic imine (C=N–C) groups is 1. The number of methoxy groups -OCH3 is 1. The Hall–Kier alpha value is -4.48. The number of amidine groups is 1. The monoisotopic (exact) mass is 741 g/mol. The molecule has 2 aromatic heterocycles. The lowest BCUT2D eigenvalue weighted by molar-refractivity contribution is -0.275. The first-order valence-corrected chi connectivity index (χ1v) is 16.7. The minimum atomic E-state index is -5.05. The second kappa shape index (κ2) is 17.4. The Balaban J connectivity index is 1.72.